The highest BCUT2D eigenvalue weighted by molar-refractivity contribution is 9.11. The molecule has 0 spiro atoms. The molecule has 2 unspecified atom stereocenters. The summed E-state index contributed by atoms with van der Waals surface area (Å²) in [7, 11) is 0. The number of rotatable bonds is 3. The minimum atomic E-state index is 0.713. The Morgan fingerprint density at radius 1 is 1.30 bits per heavy atom. The van der Waals surface area contributed by atoms with Crippen molar-refractivity contribution in [1.82, 2.24) is 9.80 Å². The first-order valence-corrected chi connectivity index (χ1v) is 9.47. The number of hydrogen-bond acceptors (Lipinski definition) is 3. The van der Waals surface area contributed by atoms with Crippen molar-refractivity contribution in [2.45, 2.75) is 51.7 Å². The third-order valence-corrected chi connectivity index (χ3v) is 6.45. The zero-order chi connectivity index (χ0) is 14.1. The summed E-state index contributed by atoms with van der Waals surface area (Å²) >= 11 is 5.47. The molecule has 0 aliphatic carbocycles. The third kappa shape index (κ3) is 3.29. The number of thiophene rings is 1. The Labute approximate surface area is 135 Å². The van der Waals surface area contributed by atoms with Gasteiger partial charge in [-0.15, -0.1) is 11.3 Å². The van der Waals surface area contributed by atoms with E-state index in [0.29, 0.717) is 6.04 Å². The average Bonchev–Trinajstić information content (AvgIpc) is 2.83. The van der Waals surface area contributed by atoms with E-state index in [0.717, 1.165) is 18.5 Å². The average molecular weight is 357 g/mol. The Morgan fingerprint density at radius 3 is 2.85 bits per heavy atom. The van der Waals surface area contributed by atoms with Gasteiger partial charge in [0, 0.05) is 36.6 Å². The maximum Gasteiger partial charge on any atom is 0.0701 e. The summed E-state index contributed by atoms with van der Waals surface area (Å²) in [6.45, 7) is 9.75. The van der Waals surface area contributed by atoms with Crippen molar-refractivity contribution >= 4 is 27.3 Å². The highest BCUT2D eigenvalue weighted by atomic mass is 79.9. The summed E-state index contributed by atoms with van der Waals surface area (Å²) in [6, 6.07) is 5.98. The molecule has 0 radical (unpaired) electrons. The summed E-state index contributed by atoms with van der Waals surface area (Å²) in [5, 5.41) is 0. The second kappa shape index (κ2) is 6.47. The lowest BCUT2D eigenvalue weighted by molar-refractivity contribution is -0.0113. The van der Waals surface area contributed by atoms with Crippen LogP contribution in [0.25, 0.3) is 0 Å². The first kappa shape index (κ1) is 15.0. The van der Waals surface area contributed by atoms with Crippen molar-refractivity contribution in [1.29, 1.82) is 0 Å². The van der Waals surface area contributed by atoms with Crippen LogP contribution in [0.2, 0.25) is 0 Å². The van der Waals surface area contributed by atoms with Crippen molar-refractivity contribution in [3.8, 4) is 0 Å². The summed E-state index contributed by atoms with van der Waals surface area (Å²) in [5.41, 5.74) is 0. The van der Waals surface area contributed by atoms with E-state index in [1.54, 1.807) is 0 Å². The SMILES string of the molecule is CC(C)C1CN2CCCCC2CN1Cc1ccc(Br)s1. The molecule has 0 saturated carbocycles. The molecule has 1 aromatic heterocycles. The van der Waals surface area contributed by atoms with E-state index < -0.39 is 0 Å². The minimum Gasteiger partial charge on any atom is -0.298 e. The van der Waals surface area contributed by atoms with Crippen LogP contribution in [0.3, 0.4) is 0 Å². The number of fused-ring (bicyclic) bond motifs is 1. The zero-order valence-corrected chi connectivity index (χ0v) is 14.9. The fourth-order valence-electron chi connectivity index (χ4n) is 3.72. The maximum atomic E-state index is 3.59. The molecule has 20 heavy (non-hydrogen) atoms. The van der Waals surface area contributed by atoms with Crippen LogP contribution in [0.4, 0.5) is 0 Å². The molecule has 0 bridgehead atoms. The van der Waals surface area contributed by atoms with E-state index in [9.17, 15) is 0 Å². The van der Waals surface area contributed by atoms with E-state index in [2.05, 4.69) is 51.7 Å². The van der Waals surface area contributed by atoms with Crippen molar-refractivity contribution in [2.75, 3.05) is 19.6 Å². The molecule has 2 aliphatic rings. The van der Waals surface area contributed by atoms with Crippen LogP contribution in [0.15, 0.2) is 15.9 Å². The fraction of sp³-hybridized carbons (Fsp3) is 0.750. The van der Waals surface area contributed by atoms with Crippen molar-refractivity contribution in [3.63, 3.8) is 0 Å². The highest BCUT2D eigenvalue weighted by Gasteiger charge is 2.36. The monoisotopic (exact) mass is 356 g/mol. The smallest absolute Gasteiger partial charge is 0.0701 e. The molecule has 2 aliphatic heterocycles. The first-order valence-electron chi connectivity index (χ1n) is 7.86. The van der Waals surface area contributed by atoms with Gasteiger partial charge in [-0.3, -0.25) is 9.80 Å². The largest absolute Gasteiger partial charge is 0.298 e. The van der Waals surface area contributed by atoms with Crippen molar-refractivity contribution in [3.05, 3.63) is 20.8 Å². The van der Waals surface area contributed by atoms with Gasteiger partial charge in [0.15, 0.2) is 0 Å². The number of piperazine rings is 1. The van der Waals surface area contributed by atoms with Crippen LogP contribution in [0, 0.1) is 5.92 Å². The van der Waals surface area contributed by atoms with Gasteiger partial charge in [-0.1, -0.05) is 20.3 Å². The van der Waals surface area contributed by atoms with Gasteiger partial charge in [-0.2, -0.15) is 0 Å². The molecule has 0 N–H and O–H groups in total. The van der Waals surface area contributed by atoms with Crippen molar-refractivity contribution < 1.29 is 0 Å². The molecule has 2 saturated heterocycles. The number of nitrogens with zero attached hydrogens (tertiary/aromatic N) is 2. The molecular weight excluding hydrogens is 332 g/mol. The van der Waals surface area contributed by atoms with E-state index in [1.807, 2.05) is 11.3 Å². The Kier molecular flexibility index (Phi) is 4.86. The molecule has 2 nitrogen and oxygen atoms in total. The van der Waals surface area contributed by atoms with Crippen LogP contribution < -0.4 is 0 Å². The van der Waals surface area contributed by atoms with Gasteiger partial charge in [-0.05, 0) is 53.4 Å². The van der Waals surface area contributed by atoms with Gasteiger partial charge in [0.1, 0.15) is 0 Å². The van der Waals surface area contributed by atoms with Crippen LogP contribution in [-0.4, -0.2) is 41.5 Å². The molecule has 2 atom stereocenters. The van der Waals surface area contributed by atoms with Gasteiger partial charge in [0.05, 0.1) is 3.79 Å². The summed E-state index contributed by atoms with van der Waals surface area (Å²) < 4.78 is 1.25. The molecule has 1 aromatic rings. The first-order chi connectivity index (χ1) is 9.63. The highest BCUT2D eigenvalue weighted by Crippen LogP contribution is 2.30. The lowest BCUT2D eigenvalue weighted by atomic mass is 9.92. The Balaban J connectivity index is 1.72. The Bertz CT molecular complexity index is 445. The van der Waals surface area contributed by atoms with E-state index in [4.69, 9.17) is 0 Å². The van der Waals surface area contributed by atoms with E-state index in [-0.39, 0.29) is 0 Å². The van der Waals surface area contributed by atoms with Crippen LogP contribution in [0.1, 0.15) is 38.0 Å². The van der Waals surface area contributed by atoms with Gasteiger partial charge in [0.2, 0.25) is 0 Å². The third-order valence-electron chi connectivity index (χ3n) is 4.84. The lowest BCUT2D eigenvalue weighted by Gasteiger charge is -2.49. The lowest BCUT2D eigenvalue weighted by Crippen LogP contribution is -2.60. The predicted octanol–water partition coefficient (Wildman–Crippen LogP) is 4.21. The van der Waals surface area contributed by atoms with Gasteiger partial charge < -0.3 is 0 Å². The quantitative estimate of drug-likeness (QED) is 0.800. The number of piperidine rings is 1. The summed E-state index contributed by atoms with van der Waals surface area (Å²) in [6.07, 6.45) is 4.22. The molecule has 3 heterocycles. The number of hydrogen-bond donors (Lipinski definition) is 0. The molecule has 2 fully saturated rings. The van der Waals surface area contributed by atoms with Gasteiger partial charge in [-0.25, -0.2) is 0 Å². The van der Waals surface area contributed by atoms with Crippen LogP contribution in [-0.2, 0) is 6.54 Å². The Morgan fingerprint density at radius 2 is 2.15 bits per heavy atom. The maximum absolute atomic E-state index is 3.59. The standard InChI is InChI=1S/C16H25BrN2S/c1-12(2)15-11-18-8-4-3-5-13(18)9-19(15)10-14-6-7-16(17)20-14/h6-7,12-13,15H,3-5,8-11H2,1-2H3. The normalized spacial score (nSPS) is 28.8. The summed E-state index contributed by atoms with van der Waals surface area (Å²) in [5.74, 6) is 0.737. The van der Waals surface area contributed by atoms with Crippen LogP contribution in [0.5, 0.6) is 0 Å². The number of halogens is 1. The van der Waals surface area contributed by atoms with E-state index >= 15 is 0 Å². The van der Waals surface area contributed by atoms with E-state index in [1.165, 1.54) is 47.6 Å². The van der Waals surface area contributed by atoms with Crippen molar-refractivity contribution in [2.24, 2.45) is 5.92 Å². The van der Waals surface area contributed by atoms with Gasteiger partial charge >= 0.3 is 0 Å². The molecule has 0 aromatic carbocycles. The molecular formula is C16H25BrN2S. The zero-order valence-electron chi connectivity index (χ0n) is 12.5. The Hall–Kier alpha value is 0.1000. The van der Waals surface area contributed by atoms with Crippen LogP contribution >= 0.6 is 27.3 Å². The second-order valence-electron chi connectivity index (χ2n) is 6.59. The second-order valence-corrected chi connectivity index (χ2v) is 9.14. The minimum absolute atomic E-state index is 0.713. The fourth-order valence-corrected chi connectivity index (χ4v) is 5.23. The summed E-state index contributed by atoms with van der Waals surface area (Å²) in [4.78, 5) is 7.00. The topological polar surface area (TPSA) is 6.48 Å². The molecule has 3 rings (SSSR count). The predicted molar refractivity (Wildman–Crippen MR) is 90.3 cm³/mol. The molecule has 112 valence electrons. The van der Waals surface area contributed by atoms with Gasteiger partial charge in [0.25, 0.3) is 0 Å². The molecule has 4 heteroatoms. The molecule has 0 amide bonds.